The first-order chi connectivity index (χ1) is 10.3. The van der Waals surface area contributed by atoms with Gasteiger partial charge in [0.2, 0.25) is 0 Å². The van der Waals surface area contributed by atoms with Crippen molar-refractivity contribution in [1.29, 1.82) is 0 Å². The maximum Gasteiger partial charge on any atom is 0.379 e. The summed E-state index contributed by atoms with van der Waals surface area (Å²) in [6.07, 6.45) is 2.45. The fourth-order valence-electron chi connectivity index (χ4n) is 2.25. The van der Waals surface area contributed by atoms with Gasteiger partial charge in [-0.05, 0) is 30.4 Å². The number of esters is 1. The number of carbonyl (C=O) groups is 3. The molecule has 0 aliphatic rings. The van der Waals surface area contributed by atoms with Crippen LogP contribution in [0.3, 0.4) is 0 Å². The first kappa shape index (κ1) is 17.8. The molecule has 0 aliphatic carbocycles. The lowest BCUT2D eigenvalue weighted by atomic mass is 9.81. The van der Waals surface area contributed by atoms with Crippen LogP contribution in [-0.2, 0) is 20.7 Å². The minimum atomic E-state index is -0.841. The summed E-state index contributed by atoms with van der Waals surface area (Å²) in [6.45, 7) is 9.32. The van der Waals surface area contributed by atoms with Crippen LogP contribution in [0.15, 0.2) is 36.9 Å². The van der Waals surface area contributed by atoms with Crippen LogP contribution in [0, 0.1) is 5.41 Å². The predicted octanol–water partition coefficient (Wildman–Crippen LogP) is 3.15. The lowest BCUT2D eigenvalue weighted by Crippen LogP contribution is -2.19. The molecule has 1 aromatic rings. The topological polar surface area (TPSA) is 60.4 Å². The van der Waals surface area contributed by atoms with E-state index in [1.165, 1.54) is 6.08 Å². The number of carbonyl (C=O) groups excluding carboxylic acids is 3. The van der Waals surface area contributed by atoms with Gasteiger partial charge in [-0.15, -0.1) is 0 Å². The molecule has 0 N–H and O–H groups in total. The Labute approximate surface area is 131 Å². The molecule has 0 aromatic heterocycles. The van der Waals surface area contributed by atoms with Crippen molar-refractivity contribution in [1.82, 2.24) is 0 Å². The van der Waals surface area contributed by atoms with Crippen molar-refractivity contribution in [2.45, 2.75) is 33.6 Å². The van der Waals surface area contributed by atoms with Gasteiger partial charge in [0.25, 0.3) is 5.78 Å². The second-order valence-corrected chi connectivity index (χ2v) is 5.93. The highest BCUT2D eigenvalue weighted by Gasteiger charge is 2.22. The molecule has 4 heteroatoms. The number of ketones is 2. The smallest absolute Gasteiger partial charge is 0.379 e. The number of allylic oxidation sites excluding steroid dienone is 1. The van der Waals surface area contributed by atoms with Crippen LogP contribution in [0.25, 0.3) is 0 Å². The number of rotatable bonds is 8. The van der Waals surface area contributed by atoms with Crippen molar-refractivity contribution in [3.05, 3.63) is 48.0 Å². The fourth-order valence-corrected chi connectivity index (χ4v) is 2.25. The van der Waals surface area contributed by atoms with Gasteiger partial charge in [-0.1, -0.05) is 44.7 Å². The van der Waals surface area contributed by atoms with E-state index < -0.39 is 11.8 Å². The summed E-state index contributed by atoms with van der Waals surface area (Å²) in [4.78, 5) is 34.7. The predicted molar refractivity (Wildman–Crippen MR) is 84.7 cm³/mol. The van der Waals surface area contributed by atoms with E-state index in [1.54, 1.807) is 31.2 Å². The van der Waals surface area contributed by atoms with E-state index in [1.807, 2.05) is 13.8 Å². The van der Waals surface area contributed by atoms with Crippen molar-refractivity contribution in [2.75, 3.05) is 6.61 Å². The van der Waals surface area contributed by atoms with Gasteiger partial charge in [-0.3, -0.25) is 9.59 Å². The van der Waals surface area contributed by atoms with Gasteiger partial charge >= 0.3 is 5.97 Å². The first-order valence-electron chi connectivity index (χ1n) is 7.24. The van der Waals surface area contributed by atoms with Crippen molar-refractivity contribution >= 4 is 17.5 Å². The molecule has 0 saturated carbocycles. The molecule has 0 saturated heterocycles. The van der Waals surface area contributed by atoms with Gasteiger partial charge < -0.3 is 4.74 Å². The number of hydrogen-bond donors (Lipinski definition) is 0. The Bertz CT molecular complexity index is 567. The first-order valence-corrected chi connectivity index (χ1v) is 7.24. The van der Waals surface area contributed by atoms with Gasteiger partial charge in [0.1, 0.15) is 0 Å². The molecule has 0 fully saturated rings. The van der Waals surface area contributed by atoms with Crippen LogP contribution >= 0.6 is 0 Å². The summed E-state index contributed by atoms with van der Waals surface area (Å²) in [5.41, 5.74) is 1.11. The van der Waals surface area contributed by atoms with Crippen LogP contribution in [0.2, 0.25) is 0 Å². The lowest BCUT2D eigenvalue weighted by molar-refractivity contribution is -0.137. The Morgan fingerprint density at radius 2 is 1.77 bits per heavy atom. The minimum absolute atomic E-state index is 0.0131. The Morgan fingerprint density at radius 3 is 2.27 bits per heavy atom. The van der Waals surface area contributed by atoms with E-state index in [4.69, 9.17) is 0 Å². The molecule has 4 nitrogen and oxygen atoms in total. The highest BCUT2D eigenvalue weighted by atomic mass is 16.5. The van der Waals surface area contributed by atoms with Crippen molar-refractivity contribution < 1.29 is 19.1 Å². The van der Waals surface area contributed by atoms with Gasteiger partial charge in [-0.25, -0.2) is 4.79 Å². The minimum Gasteiger partial charge on any atom is -0.460 e. The van der Waals surface area contributed by atoms with Crippen molar-refractivity contribution in [2.24, 2.45) is 5.41 Å². The largest absolute Gasteiger partial charge is 0.460 e. The van der Waals surface area contributed by atoms with Crippen LogP contribution in [0.4, 0.5) is 0 Å². The monoisotopic (exact) mass is 302 g/mol. The summed E-state index contributed by atoms with van der Waals surface area (Å²) in [6, 6.07) is 6.82. The second kappa shape index (κ2) is 7.69. The molecule has 1 rings (SSSR count). The summed E-state index contributed by atoms with van der Waals surface area (Å²) in [5, 5.41) is 0. The van der Waals surface area contributed by atoms with Gasteiger partial charge in [0, 0.05) is 12.0 Å². The molecule has 1 aromatic carbocycles. The average Bonchev–Trinajstić information content (AvgIpc) is 2.46. The normalized spacial score (nSPS) is 10.9. The second-order valence-electron chi connectivity index (χ2n) is 5.93. The van der Waals surface area contributed by atoms with Gasteiger partial charge in [-0.2, -0.15) is 0 Å². The molecule has 0 atom stereocenters. The number of Topliss-reactive ketones (excluding diaryl/α,β-unsaturated/α-hetero) is 1. The summed E-state index contributed by atoms with van der Waals surface area (Å²) in [7, 11) is 0. The van der Waals surface area contributed by atoms with E-state index in [-0.39, 0.29) is 17.8 Å². The van der Waals surface area contributed by atoms with E-state index in [9.17, 15) is 14.4 Å². The molecule has 0 radical (unpaired) electrons. The molecule has 0 bridgehead atoms. The van der Waals surface area contributed by atoms with Crippen molar-refractivity contribution in [3.8, 4) is 0 Å². The van der Waals surface area contributed by atoms with E-state index in [0.29, 0.717) is 18.4 Å². The third-order valence-electron chi connectivity index (χ3n) is 3.24. The Balaban J connectivity index is 2.76. The zero-order valence-corrected chi connectivity index (χ0v) is 13.3. The number of ether oxygens (including phenoxy) is 1. The van der Waals surface area contributed by atoms with E-state index in [0.717, 1.165) is 5.56 Å². The molecule has 0 amide bonds. The molecule has 0 aliphatic heterocycles. The van der Waals surface area contributed by atoms with Crippen LogP contribution in [0.5, 0.6) is 0 Å². The fraction of sp³-hybridized carbons (Fsp3) is 0.389. The SMILES string of the molecule is C=CC(=O)CC(C)(C)Cc1ccc(C(=O)C(=O)OCC)cc1. The Morgan fingerprint density at radius 1 is 1.18 bits per heavy atom. The standard InChI is InChI=1S/C18H22O4/c1-5-15(19)12-18(3,4)11-13-7-9-14(10-8-13)16(20)17(21)22-6-2/h5,7-10H,1,6,11-12H2,2-4H3. The Kier molecular flexibility index (Phi) is 6.23. The molecule has 0 unspecified atom stereocenters. The zero-order valence-electron chi connectivity index (χ0n) is 13.3. The highest BCUT2D eigenvalue weighted by molar-refractivity contribution is 6.40. The van der Waals surface area contributed by atoms with Crippen LogP contribution in [0.1, 0.15) is 43.1 Å². The molecular weight excluding hydrogens is 280 g/mol. The zero-order chi connectivity index (χ0) is 16.8. The summed E-state index contributed by atoms with van der Waals surface area (Å²) in [5.74, 6) is -1.47. The van der Waals surface area contributed by atoms with Gasteiger partial charge in [0.15, 0.2) is 5.78 Å². The molecule has 118 valence electrons. The molecule has 0 spiro atoms. The maximum absolute atomic E-state index is 11.8. The molecule has 0 heterocycles. The summed E-state index contributed by atoms with van der Waals surface area (Å²) < 4.78 is 4.69. The highest BCUT2D eigenvalue weighted by Crippen LogP contribution is 2.26. The quantitative estimate of drug-likeness (QED) is 0.320. The van der Waals surface area contributed by atoms with Gasteiger partial charge in [0.05, 0.1) is 6.61 Å². The third kappa shape index (κ3) is 5.28. The van der Waals surface area contributed by atoms with Crippen LogP contribution in [-0.4, -0.2) is 24.1 Å². The number of benzene rings is 1. The van der Waals surface area contributed by atoms with E-state index in [2.05, 4.69) is 11.3 Å². The summed E-state index contributed by atoms with van der Waals surface area (Å²) >= 11 is 0. The lowest BCUT2D eigenvalue weighted by Gasteiger charge is -2.23. The Hall–Kier alpha value is -2.23. The third-order valence-corrected chi connectivity index (χ3v) is 3.24. The maximum atomic E-state index is 11.8. The van der Waals surface area contributed by atoms with Crippen LogP contribution < -0.4 is 0 Å². The van der Waals surface area contributed by atoms with Crippen molar-refractivity contribution in [3.63, 3.8) is 0 Å². The average molecular weight is 302 g/mol. The molecular formula is C18H22O4. The molecule has 22 heavy (non-hydrogen) atoms. The van der Waals surface area contributed by atoms with E-state index >= 15 is 0 Å². The number of hydrogen-bond acceptors (Lipinski definition) is 4.